The average Bonchev–Trinajstić information content (AvgIpc) is 1.69. The number of hydrogen-bond acceptors (Lipinski definition) is 2. The monoisotopic (exact) mass is 110 g/mol. The fourth-order valence-corrected chi connectivity index (χ4v) is 0.928. The SMILES string of the molecule is [Na][CH]1CCOOC1. The van der Waals surface area contributed by atoms with Gasteiger partial charge in [-0.3, -0.25) is 0 Å². The molecule has 1 heterocycles. The van der Waals surface area contributed by atoms with E-state index in [1.165, 1.54) is 34.4 Å². The fourth-order valence-electron chi connectivity index (χ4n) is 0.556. The van der Waals surface area contributed by atoms with E-state index in [1.807, 2.05) is 0 Å². The first-order valence-electron chi connectivity index (χ1n) is 2.64. The Kier molecular flexibility index (Phi) is 2.63. The van der Waals surface area contributed by atoms with E-state index >= 15 is 0 Å². The van der Waals surface area contributed by atoms with Crippen LogP contribution in [0.1, 0.15) is 6.42 Å². The molecule has 0 amide bonds. The second kappa shape index (κ2) is 3.05. The molecule has 0 aromatic heterocycles. The van der Waals surface area contributed by atoms with Crippen LogP contribution in [0.15, 0.2) is 0 Å². The molecule has 0 aromatic carbocycles. The molecule has 1 aliphatic heterocycles. The van der Waals surface area contributed by atoms with Gasteiger partial charge in [-0.15, -0.1) is 0 Å². The van der Waals surface area contributed by atoms with E-state index in [2.05, 4.69) is 4.89 Å². The van der Waals surface area contributed by atoms with Crippen molar-refractivity contribution in [2.24, 2.45) is 0 Å². The zero-order valence-corrected chi connectivity index (χ0v) is 6.52. The summed E-state index contributed by atoms with van der Waals surface area (Å²) in [5, 5.41) is 0. The summed E-state index contributed by atoms with van der Waals surface area (Å²) < 4.78 is 0.828. The summed E-state index contributed by atoms with van der Waals surface area (Å²) in [5.74, 6) is 0. The Labute approximate surface area is 60.5 Å². The molecule has 7 heavy (non-hydrogen) atoms. The predicted molar refractivity (Wildman–Crippen MR) is 26.0 cm³/mol. The molecule has 1 saturated heterocycles. The minimum absolute atomic E-state index is 0.800. The van der Waals surface area contributed by atoms with Gasteiger partial charge < -0.3 is 0 Å². The van der Waals surface area contributed by atoms with Gasteiger partial charge in [0.1, 0.15) is 0 Å². The molecule has 0 radical (unpaired) electrons. The second-order valence-corrected chi connectivity index (χ2v) is 3.63. The van der Waals surface area contributed by atoms with Crippen LogP contribution in [0.25, 0.3) is 0 Å². The number of rotatable bonds is 0. The number of hydrogen-bond donors (Lipinski definition) is 0. The summed E-state index contributed by atoms with van der Waals surface area (Å²) in [7, 11) is 0. The van der Waals surface area contributed by atoms with Crippen molar-refractivity contribution >= 4 is 27.9 Å². The van der Waals surface area contributed by atoms with Crippen molar-refractivity contribution in [3.05, 3.63) is 0 Å². The summed E-state index contributed by atoms with van der Waals surface area (Å²) in [6.07, 6.45) is 1.20. The summed E-state index contributed by atoms with van der Waals surface area (Å²) >= 11 is 1.25. The van der Waals surface area contributed by atoms with Gasteiger partial charge in [0.05, 0.1) is 0 Å². The third kappa shape index (κ3) is 2.11. The van der Waals surface area contributed by atoms with E-state index in [0.717, 1.165) is 16.4 Å². The Hall–Kier alpha value is 0.920. The first kappa shape index (κ1) is 6.05. The van der Waals surface area contributed by atoms with Crippen LogP contribution in [-0.2, 0) is 9.78 Å². The van der Waals surface area contributed by atoms with Crippen LogP contribution >= 0.6 is 0 Å². The van der Waals surface area contributed by atoms with Crippen molar-refractivity contribution in [3.8, 4) is 0 Å². The van der Waals surface area contributed by atoms with Crippen LogP contribution in [0, 0.1) is 0 Å². The molecule has 1 fully saturated rings. The Balaban J connectivity index is 2.12. The first-order valence-corrected chi connectivity index (χ1v) is 3.79. The van der Waals surface area contributed by atoms with Crippen LogP contribution in [0.4, 0.5) is 0 Å². The van der Waals surface area contributed by atoms with Crippen molar-refractivity contribution in [3.63, 3.8) is 0 Å². The maximum absolute atomic E-state index is 4.72. The molecule has 1 atom stereocenters. The third-order valence-electron chi connectivity index (χ3n) is 1.13. The minimum atomic E-state index is 0.800. The van der Waals surface area contributed by atoms with Crippen LogP contribution in [0.2, 0.25) is 3.17 Å². The molecule has 3 heteroatoms. The van der Waals surface area contributed by atoms with Gasteiger partial charge in [-0.25, -0.2) is 0 Å². The standard InChI is InChI=1S/C4H7O2.Na/c1-2-4-6-5-3-1;/h1H,2-4H2;. The van der Waals surface area contributed by atoms with Crippen molar-refractivity contribution in [1.29, 1.82) is 0 Å². The first-order chi connectivity index (χ1) is 3.39. The van der Waals surface area contributed by atoms with Gasteiger partial charge in [0.15, 0.2) is 0 Å². The van der Waals surface area contributed by atoms with Crippen molar-refractivity contribution in [1.82, 2.24) is 0 Å². The summed E-state index contributed by atoms with van der Waals surface area (Å²) in [6, 6.07) is 0. The normalized spacial score (nSPS) is 33.1. The van der Waals surface area contributed by atoms with Gasteiger partial charge >= 0.3 is 60.5 Å². The fraction of sp³-hybridized carbons (Fsp3) is 1.00. The average molecular weight is 110 g/mol. The van der Waals surface area contributed by atoms with E-state index in [9.17, 15) is 0 Å². The third-order valence-corrected chi connectivity index (χ3v) is 2.04. The van der Waals surface area contributed by atoms with Gasteiger partial charge in [-0.05, 0) is 0 Å². The molecule has 0 spiro atoms. The summed E-state index contributed by atoms with van der Waals surface area (Å²) in [6.45, 7) is 1.63. The van der Waals surface area contributed by atoms with E-state index in [4.69, 9.17) is 4.89 Å². The van der Waals surface area contributed by atoms with E-state index in [-0.39, 0.29) is 0 Å². The summed E-state index contributed by atoms with van der Waals surface area (Å²) in [4.78, 5) is 9.38. The van der Waals surface area contributed by atoms with Gasteiger partial charge in [0, 0.05) is 0 Å². The van der Waals surface area contributed by atoms with Gasteiger partial charge in [-0.1, -0.05) is 0 Å². The Morgan fingerprint density at radius 2 is 2.29 bits per heavy atom. The quantitative estimate of drug-likeness (QED) is 0.329. The zero-order chi connectivity index (χ0) is 5.11. The Bertz CT molecular complexity index is 51.7. The molecule has 1 unspecified atom stereocenters. The molecule has 1 rings (SSSR count). The van der Waals surface area contributed by atoms with Crippen molar-refractivity contribution in [2.75, 3.05) is 13.2 Å². The van der Waals surface area contributed by atoms with Crippen molar-refractivity contribution in [2.45, 2.75) is 9.59 Å². The summed E-state index contributed by atoms with van der Waals surface area (Å²) in [5.41, 5.74) is 0. The molecule has 0 aliphatic carbocycles. The zero-order valence-electron chi connectivity index (χ0n) is 4.52. The van der Waals surface area contributed by atoms with Crippen LogP contribution < -0.4 is 0 Å². The second-order valence-electron chi connectivity index (χ2n) is 2.00. The molecular weight excluding hydrogens is 103 g/mol. The molecular formula is C4H7NaO2. The van der Waals surface area contributed by atoms with Crippen LogP contribution in [0.5, 0.6) is 0 Å². The molecule has 2 nitrogen and oxygen atoms in total. The van der Waals surface area contributed by atoms with Crippen LogP contribution in [0.3, 0.4) is 0 Å². The van der Waals surface area contributed by atoms with E-state index in [0.29, 0.717) is 0 Å². The molecule has 1 aliphatic rings. The molecule has 0 N–H and O–H groups in total. The van der Waals surface area contributed by atoms with Crippen LogP contribution in [-0.4, -0.2) is 41.1 Å². The molecule has 36 valence electrons. The van der Waals surface area contributed by atoms with Gasteiger partial charge in [-0.2, -0.15) is 0 Å². The van der Waals surface area contributed by atoms with E-state index in [1.54, 1.807) is 0 Å². The topological polar surface area (TPSA) is 18.5 Å². The predicted octanol–water partition coefficient (Wildman–Crippen LogP) is 0.295. The Morgan fingerprint density at radius 3 is 2.57 bits per heavy atom. The molecule has 0 saturated carbocycles. The Morgan fingerprint density at radius 1 is 1.43 bits per heavy atom. The van der Waals surface area contributed by atoms with E-state index < -0.39 is 0 Å². The maximum atomic E-state index is 4.72. The molecule has 0 aromatic rings. The molecule has 0 bridgehead atoms. The van der Waals surface area contributed by atoms with Gasteiger partial charge in [0.25, 0.3) is 0 Å². The van der Waals surface area contributed by atoms with Crippen molar-refractivity contribution < 1.29 is 9.78 Å². The van der Waals surface area contributed by atoms with Gasteiger partial charge in [0.2, 0.25) is 0 Å².